The molecule has 138 valence electrons. The van der Waals surface area contributed by atoms with E-state index in [2.05, 4.69) is 41.4 Å². The van der Waals surface area contributed by atoms with Crippen molar-refractivity contribution in [2.24, 2.45) is 5.92 Å². The average Bonchev–Trinajstić information content (AvgIpc) is 2.63. The van der Waals surface area contributed by atoms with Crippen LogP contribution in [0.5, 0.6) is 0 Å². The number of carbonyl (C=O) groups is 1. The Morgan fingerprint density at radius 1 is 1.12 bits per heavy atom. The van der Waals surface area contributed by atoms with Crippen molar-refractivity contribution in [3.8, 4) is 0 Å². The van der Waals surface area contributed by atoms with Gasteiger partial charge in [-0.2, -0.15) is 0 Å². The second kappa shape index (κ2) is 8.97. The van der Waals surface area contributed by atoms with Crippen LogP contribution in [-0.4, -0.2) is 29.1 Å². The lowest BCUT2D eigenvalue weighted by atomic mass is 9.99. The normalized spacial score (nSPS) is 18.0. The van der Waals surface area contributed by atoms with E-state index in [0.29, 0.717) is 5.56 Å². The van der Waals surface area contributed by atoms with Crippen LogP contribution in [0.25, 0.3) is 0 Å². The molecule has 1 saturated heterocycles. The largest absolute Gasteiger partial charge is 0.478 e. The molecule has 0 spiro atoms. The zero-order valence-corrected chi connectivity index (χ0v) is 15.4. The van der Waals surface area contributed by atoms with Gasteiger partial charge >= 0.3 is 5.97 Å². The first-order chi connectivity index (χ1) is 12.6. The maximum absolute atomic E-state index is 10.9. The first-order valence-electron chi connectivity index (χ1n) is 9.44. The fourth-order valence-electron chi connectivity index (χ4n) is 3.66. The van der Waals surface area contributed by atoms with Gasteiger partial charge < -0.3 is 10.4 Å². The lowest BCUT2D eigenvalue weighted by molar-refractivity contribution is 0.0697. The Balaban J connectivity index is 1.55. The molecule has 0 saturated carbocycles. The number of rotatable bonds is 7. The Hall–Kier alpha value is -2.17. The van der Waals surface area contributed by atoms with Crippen LogP contribution in [-0.2, 0) is 19.6 Å². The van der Waals surface area contributed by atoms with Gasteiger partial charge in [0.1, 0.15) is 0 Å². The van der Waals surface area contributed by atoms with Crippen molar-refractivity contribution in [2.45, 2.75) is 39.4 Å². The van der Waals surface area contributed by atoms with Crippen molar-refractivity contribution in [2.75, 3.05) is 13.1 Å². The van der Waals surface area contributed by atoms with E-state index in [9.17, 15) is 4.79 Å². The van der Waals surface area contributed by atoms with E-state index in [1.807, 2.05) is 12.1 Å². The molecule has 4 nitrogen and oxygen atoms in total. The van der Waals surface area contributed by atoms with Crippen molar-refractivity contribution in [3.05, 3.63) is 70.8 Å². The number of carboxylic acid groups (broad SMARTS) is 1. The lowest BCUT2D eigenvalue weighted by Gasteiger charge is -2.31. The van der Waals surface area contributed by atoms with E-state index in [-0.39, 0.29) is 0 Å². The van der Waals surface area contributed by atoms with Crippen LogP contribution in [0.2, 0.25) is 0 Å². The van der Waals surface area contributed by atoms with Crippen molar-refractivity contribution >= 4 is 5.97 Å². The molecule has 1 aliphatic heterocycles. The Kier molecular flexibility index (Phi) is 6.42. The van der Waals surface area contributed by atoms with Gasteiger partial charge in [0.25, 0.3) is 0 Å². The third-order valence-corrected chi connectivity index (χ3v) is 5.10. The molecule has 1 aliphatic rings. The van der Waals surface area contributed by atoms with Gasteiger partial charge in [0.2, 0.25) is 0 Å². The molecule has 0 aliphatic carbocycles. The SMILES string of the molecule is CC1CCCN(Cc2ccccc2CNCc2ccc(C(=O)O)cc2)C1. The predicted octanol–water partition coefficient (Wildman–Crippen LogP) is 3.91. The minimum Gasteiger partial charge on any atom is -0.478 e. The fraction of sp³-hybridized carbons (Fsp3) is 0.409. The molecule has 3 rings (SSSR count). The first-order valence-corrected chi connectivity index (χ1v) is 9.44. The molecule has 2 N–H and O–H groups in total. The second-order valence-electron chi connectivity index (χ2n) is 7.36. The summed E-state index contributed by atoms with van der Waals surface area (Å²) in [5, 5.41) is 12.4. The van der Waals surface area contributed by atoms with Crippen LogP contribution in [0.3, 0.4) is 0 Å². The number of aromatic carboxylic acids is 1. The molecule has 0 bridgehead atoms. The number of benzene rings is 2. The van der Waals surface area contributed by atoms with Crippen molar-refractivity contribution < 1.29 is 9.90 Å². The Morgan fingerprint density at radius 2 is 1.85 bits per heavy atom. The van der Waals surface area contributed by atoms with Crippen LogP contribution < -0.4 is 5.32 Å². The smallest absolute Gasteiger partial charge is 0.335 e. The second-order valence-corrected chi connectivity index (χ2v) is 7.36. The molecule has 1 fully saturated rings. The molecule has 2 aromatic carbocycles. The fourth-order valence-corrected chi connectivity index (χ4v) is 3.66. The zero-order valence-electron chi connectivity index (χ0n) is 15.4. The van der Waals surface area contributed by atoms with Crippen molar-refractivity contribution in [1.82, 2.24) is 10.2 Å². The van der Waals surface area contributed by atoms with E-state index in [0.717, 1.165) is 31.1 Å². The van der Waals surface area contributed by atoms with Crippen molar-refractivity contribution in [1.29, 1.82) is 0 Å². The minimum atomic E-state index is -0.884. The van der Waals surface area contributed by atoms with Gasteiger partial charge in [0.05, 0.1) is 5.56 Å². The summed E-state index contributed by atoms with van der Waals surface area (Å²) in [5.74, 6) is -0.0896. The molecular formula is C22H28N2O2. The molecule has 0 radical (unpaired) electrons. The molecule has 1 heterocycles. The van der Waals surface area contributed by atoms with Gasteiger partial charge in [-0.05, 0) is 54.1 Å². The summed E-state index contributed by atoms with van der Waals surface area (Å²) in [7, 11) is 0. The molecule has 1 atom stereocenters. The highest BCUT2D eigenvalue weighted by molar-refractivity contribution is 5.87. The maximum Gasteiger partial charge on any atom is 0.335 e. The first kappa shape index (κ1) is 18.6. The van der Waals surface area contributed by atoms with Gasteiger partial charge in [0, 0.05) is 26.2 Å². The minimum absolute atomic E-state index is 0.329. The monoisotopic (exact) mass is 352 g/mol. The lowest BCUT2D eigenvalue weighted by Crippen LogP contribution is -2.34. The number of nitrogens with zero attached hydrogens (tertiary/aromatic N) is 1. The summed E-state index contributed by atoms with van der Waals surface area (Å²) in [6, 6.07) is 15.7. The summed E-state index contributed by atoms with van der Waals surface area (Å²) in [5.41, 5.74) is 4.16. The number of carboxylic acids is 1. The van der Waals surface area contributed by atoms with Crippen LogP contribution in [0, 0.1) is 5.92 Å². The van der Waals surface area contributed by atoms with E-state index in [1.54, 1.807) is 12.1 Å². The number of likely N-dealkylation sites (tertiary alicyclic amines) is 1. The van der Waals surface area contributed by atoms with E-state index in [1.165, 1.54) is 37.1 Å². The number of nitrogens with one attached hydrogen (secondary N) is 1. The highest BCUT2D eigenvalue weighted by Gasteiger charge is 2.17. The molecule has 26 heavy (non-hydrogen) atoms. The third-order valence-electron chi connectivity index (χ3n) is 5.10. The highest BCUT2D eigenvalue weighted by atomic mass is 16.4. The van der Waals surface area contributed by atoms with Gasteiger partial charge in [-0.1, -0.05) is 43.3 Å². The number of hydrogen-bond acceptors (Lipinski definition) is 3. The standard InChI is InChI=1S/C22H28N2O2/c1-17-5-4-12-24(15-17)16-21-7-3-2-6-20(21)14-23-13-18-8-10-19(11-9-18)22(25)26/h2-3,6-11,17,23H,4-5,12-16H2,1H3,(H,25,26). The van der Waals surface area contributed by atoms with Crippen LogP contribution >= 0.6 is 0 Å². The topological polar surface area (TPSA) is 52.6 Å². The van der Waals surface area contributed by atoms with E-state index in [4.69, 9.17) is 5.11 Å². The number of hydrogen-bond donors (Lipinski definition) is 2. The Morgan fingerprint density at radius 3 is 2.54 bits per heavy atom. The van der Waals surface area contributed by atoms with E-state index >= 15 is 0 Å². The van der Waals surface area contributed by atoms with Gasteiger partial charge in [-0.3, -0.25) is 4.90 Å². The summed E-state index contributed by atoms with van der Waals surface area (Å²) in [6.45, 7) is 7.31. The van der Waals surface area contributed by atoms with Crippen molar-refractivity contribution in [3.63, 3.8) is 0 Å². The van der Waals surface area contributed by atoms with Crippen LogP contribution in [0.15, 0.2) is 48.5 Å². The van der Waals surface area contributed by atoms with E-state index < -0.39 is 5.97 Å². The van der Waals surface area contributed by atoms with Gasteiger partial charge in [-0.15, -0.1) is 0 Å². The maximum atomic E-state index is 10.9. The van der Waals surface area contributed by atoms with Crippen LogP contribution in [0.4, 0.5) is 0 Å². The Bertz CT molecular complexity index is 727. The molecule has 1 unspecified atom stereocenters. The number of piperidine rings is 1. The summed E-state index contributed by atoms with van der Waals surface area (Å²) in [6.07, 6.45) is 2.65. The Labute approximate surface area is 155 Å². The zero-order chi connectivity index (χ0) is 18.4. The molecule has 4 heteroatoms. The van der Waals surface area contributed by atoms with Gasteiger partial charge in [0.15, 0.2) is 0 Å². The molecule has 0 aromatic heterocycles. The van der Waals surface area contributed by atoms with Gasteiger partial charge in [-0.25, -0.2) is 4.79 Å². The summed E-state index contributed by atoms with van der Waals surface area (Å²) in [4.78, 5) is 13.5. The third kappa shape index (κ3) is 5.16. The molecule has 0 amide bonds. The van der Waals surface area contributed by atoms with Crippen LogP contribution in [0.1, 0.15) is 46.8 Å². The quantitative estimate of drug-likeness (QED) is 0.793. The summed E-state index contributed by atoms with van der Waals surface area (Å²) >= 11 is 0. The summed E-state index contributed by atoms with van der Waals surface area (Å²) < 4.78 is 0. The molecule has 2 aromatic rings. The molecular weight excluding hydrogens is 324 g/mol. The highest BCUT2D eigenvalue weighted by Crippen LogP contribution is 2.19. The predicted molar refractivity (Wildman–Crippen MR) is 104 cm³/mol. The average molecular weight is 352 g/mol.